The smallest absolute Gasteiger partial charge is 0.278 e. The Balaban J connectivity index is 1.50. The van der Waals surface area contributed by atoms with E-state index in [0.29, 0.717) is 40.0 Å². The molecule has 3 aliphatic heterocycles. The van der Waals surface area contributed by atoms with E-state index < -0.39 is 0 Å². The summed E-state index contributed by atoms with van der Waals surface area (Å²) < 4.78 is 16.4. The Morgan fingerprint density at radius 3 is 2.60 bits per heavy atom. The predicted octanol–water partition coefficient (Wildman–Crippen LogP) is 3.44. The van der Waals surface area contributed by atoms with Gasteiger partial charge < -0.3 is 19.5 Å². The molecule has 30 heavy (non-hydrogen) atoms. The Bertz CT molecular complexity index is 1040. The van der Waals surface area contributed by atoms with E-state index in [1.165, 1.54) is 4.90 Å². The van der Waals surface area contributed by atoms with Gasteiger partial charge in [-0.05, 0) is 42.7 Å². The lowest BCUT2D eigenvalue weighted by Gasteiger charge is -2.19. The van der Waals surface area contributed by atoms with Gasteiger partial charge in [-0.15, -0.1) is 0 Å². The molecule has 8 heteroatoms. The van der Waals surface area contributed by atoms with E-state index in [9.17, 15) is 9.59 Å². The molecule has 5 rings (SSSR count). The van der Waals surface area contributed by atoms with Crippen molar-refractivity contribution >= 4 is 34.7 Å². The number of ether oxygens (including phenoxy) is 3. The van der Waals surface area contributed by atoms with Gasteiger partial charge in [-0.25, -0.2) is 0 Å². The molecule has 0 aromatic heterocycles. The molecule has 3 heterocycles. The van der Waals surface area contributed by atoms with Gasteiger partial charge in [0, 0.05) is 23.4 Å². The van der Waals surface area contributed by atoms with Crippen LogP contribution in [0.2, 0.25) is 5.02 Å². The molecule has 1 saturated heterocycles. The average molecular weight is 427 g/mol. The van der Waals surface area contributed by atoms with Gasteiger partial charge in [0.25, 0.3) is 11.8 Å². The van der Waals surface area contributed by atoms with E-state index in [1.807, 2.05) is 0 Å². The Labute approximate surface area is 178 Å². The molecular formula is C22H19ClN2O5. The first-order valence-electron chi connectivity index (χ1n) is 9.75. The molecule has 154 valence electrons. The van der Waals surface area contributed by atoms with Gasteiger partial charge >= 0.3 is 0 Å². The van der Waals surface area contributed by atoms with Crippen molar-refractivity contribution in [3.63, 3.8) is 0 Å². The molecule has 2 aromatic carbocycles. The van der Waals surface area contributed by atoms with E-state index in [-0.39, 0.29) is 37.0 Å². The summed E-state index contributed by atoms with van der Waals surface area (Å²) in [6.07, 6.45) is 1.63. The highest BCUT2D eigenvalue weighted by Gasteiger charge is 2.40. The Hall–Kier alpha value is -3.03. The first-order valence-corrected chi connectivity index (χ1v) is 10.1. The number of halogens is 1. The van der Waals surface area contributed by atoms with Crippen LogP contribution in [0.3, 0.4) is 0 Å². The van der Waals surface area contributed by atoms with Crippen LogP contribution < -0.4 is 14.8 Å². The maximum absolute atomic E-state index is 13.3. The van der Waals surface area contributed by atoms with Gasteiger partial charge in [0.2, 0.25) is 6.79 Å². The van der Waals surface area contributed by atoms with Gasteiger partial charge in [0.1, 0.15) is 5.70 Å². The Morgan fingerprint density at radius 1 is 1.03 bits per heavy atom. The van der Waals surface area contributed by atoms with Crippen molar-refractivity contribution in [2.24, 2.45) is 0 Å². The van der Waals surface area contributed by atoms with Crippen LogP contribution in [0.1, 0.15) is 18.4 Å². The fourth-order valence-electron chi connectivity index (χ4n) is 3.85. The summed E-state index contributed by atoms with van der Waals surface area (Å²) in [5.74, 6) is 0.502. The number of amides is 2. The number of rotatable bonds is 5. The number of fused-ring (bicyclic) bond motifs is 1. The third-order valence-corrected chi connectivity index (χ3v) is 5.61. The topological polar surface area (TPSA) is 77.1 Å². The molecule has 1 N–H and O–H groups in total. The molecule has 2 aromatic rings. The van der Waals surface area contributed by atoms with E-state index in [2.05, 4.69) is 5.32 Å². The van der Waals surface area contributed by atoms with Crippen LogP contribution in [-0.4, -0.2) is 42.8 Å². The second-order valence-electron chi connectivity index (χ2n) is 7.31. The third-order valence-electron chi connectivity index (χ3n) is 5.35. The van der Waals surface area contributed by atoms with E-state index in [4.69, 9.17) is 25.8 Å². The van der Waals surface area contributed by atoms with E-state index >= 15 is 0 Å². The van der Waals surface area contributed by atoms with Crippen LogP contribution in [0.15, 0.2) is 48.2 Å². The molecule has 0 radical (unpaired) electrons. The first-order chi connectivity index (χ1) is 14.6. The first kappa shape index (κ1) is 19.0. The standard InChI is InChI=1S/C22H19ClN2O5/c23-14-5-3-13(4-6-14)19-20(24-15-7-8-17-18(10-15)30-12-29-17)22(27)25(21(19)26)11-16-2-1-9-28-16/h3-8,10,16,24H,1-2,9,11-12H2. The van der Waals surface area contributed by atoms with Gasteiger partial charge in [-0.1, -0.05) is 23.7 Å². The Kier molecular flexibility index (Phi) is 4.84. The highest BCUT2D eigenvalue weighted by molar-refractivity contribution is 6.37. The van der Waals surface area contributed by atoms with Crippen LogP contribution in [0, 0.1) is 0 Å². The minimum Gasteiger partial charge on any atom is -0.454 e. The lowest BCUT2D eigenvalue weighted by Crippen LogP contribution is -2.38. The number of benzene rings is 2. The molecule has 1 unspecified atom stereocenters. The van der Waals surface area contributed by atoms with Gasteiger partial charge in [0.05, 0.1) is 18.2 Å². The summed E-state index contributed by atoms with van der Waals surface area (Å²) in [6.45, 7) is 1.05. The summed E-state index contributed by atoms with van der Waals surface area (Å²) >= 11 is 6.01. The normalized spacial score (nSPS) is 20.4. The molecule has 0 saturated carbocycles. The number of anilines is 1. The fourth-order valence-corrected chi connectivity index (χ4v) is 3.98. The maximum Gasteiger partial charge on any atom is 0.278 e. The number of nitrogens with one attached hydrogen (secondary N) is 1. The molecule has 1 atom stereocenters. The molecule has 3 aliphatic rings. The zero-order valence-electron chi connectivity index (χ0n) is 16.0. The molecule has 7 nitrogen and oxygen atoms in total. The minimum absolute atomic E-state index is 0.130. The SMILES string of the molecule is O=C1C(Nc2ccc3c(c2)OCO3)=C(c2ccc(Cl)cc2)C(=O)N1CC1CCCO1. The number of carbonyl (C=O) groups is 2. The number of hydrogen-bond acceptors (Lipinski definition) is 6. The second kappa shape index (κ2) is 7.66. The molecule has 2 amide bonds. The average Bonchev–Trinajstić information content (AvgIpc) is 3.47. The van der Waals surface area contributed by atoms with Gasteiger partial charge in [-0.2, -0.15) is 0 Å². The van der Waals surface area contributed by atoms with E-state index in [0.717, 1.165) is 12.8 Å². The van der Waals surface area contributed by atoms with Crippen LogP contribution in [0.4, 0.5) is 5.69 Å². The zero-order valence-corrected chi connectivity index (χ0v) is 16.8. The second-order valence-corrected chi connectivity index (χ2v) is 7.74. The third kappa shape index (κ3) is 3.40. The molecule has 0 bridgehead atoms. The van der Waals surface area contributed by atoms with Crippen LogP contribution >= 0.6 is 11.6 Å². The molecular weight excluding hydrogens is 408 g/mol. The summed E-state index contributed by atoms with van der Waals surface area (Å²) in [5, 5.41) is 3.68. The molecule has 0 spiro atoms. The zero-order chi connectivity index (χ0) is 20.7. The predicted molar refractivity (Wildman–Crippen MR) is 110 cm³/mol. The van der Waals surface area contributed by atoms with Crippen molar-refractivity contribution in [3.05, 3.63) is 58.7 Å². The van der Waals surface area contributed by atoms with Crippen LogP contribution in [0.5, 0.6) is 11.5 Å². The molecule has 0 aliphatic carbocycles. The van der Waals surface area contributed by atoms with Crippen molar-refractivity contribution in [2.75, 3.05) is 25.3 Å². The lowest BCUT2D eigenvalue weighted by molar-refractivity contribution is -0.138. The highest BCUT2D eigenvalue weighted by Crippen LogP contribution is 2.37. The van der Waals surface area contributed by atoms with Crippen LogP contribution in [-0.2, 0) is 14.3 Å². The number of hydrogen-bond donors (Lipinski definition) is 1. The number of carbonyl (C=O) groups excluding carboxylic acids is 2. The number of imide groups is 1. The highest BCUT2D eigenvalue weighted by atomic mass is 35.5. The van der Waals surface area contributed by atoms with Crippen LogP contribution in [0.25, 0.3) is 5.57 Å². The van der Waals surface area contributed by atoms with Crippen molar-refractivity contribution in [3.8, 4) is 11.5 Å². The number of nitrogens with zero attached hydrogens (tertiary/aromatic N) is 1. The van der Waals surface area contributed by atoms with Gasteiger partial charge in [-0.3, -0.25) is 14.5 Å². The minimum atomic E-state index is -0.377. The summed E-state index contributed by atoms with van der Waals surface area (Å²) in [7, 11) is 0. The van der Waals surface area contributed by atoms with Crippen molar-refractivity contribution in [1.82, 2.24) is 4.90 Å². The quantitative estimate of drug-likeness (QED) is 0.738. The monoisotopic (exact) mass is 426 g/mol. The van der Waals surface area contributed by atoms with Crippen molar-refractivity contribution in [2.45, 2.75) is 18.9 Å². The summed E-state index contributed by atoms with van der Waals surface area (Å²) in [4.78, 5) is 27.7. The maximum atomic E-state index is 13.3. The Morgan fingerprint density at radius 2 is 1.83 bits per heavy atom. The summed E-state index contributed by atoms with van der Waals surface area (Å²) in [6, 6.07) is 12.2. The van der Waals surface area contributed by atoms with Crippen molar-refractivity contribution in [1.29, 1.82) is 0 Å². The van der Waals surface area contributed by atoms with E-state index in [1.54, 1.807) is 42.5 Å². The van der Waals surface area contributed by atoms with Gasteiger partial charge in [0.15, 0.2) is 11.5 Å². The lowest BCUT2D eigenvalue weighted by atomic mass is 10.0. The largest absolute Gasteiger partial charge is 0.454 e. The van der Waals surface area contributed by atoms with Crippen molar-refractivity contribution < 1.29 is 23.8 Å². The summed E-state index contributed by atoms with van der Waals surface area (Å²) in [5.41, 5.74) is 1.78. The fraction of sp³-hybridized carbons (Fsp3) is 0.273. The molecule has 1 fully saturated rings.